The van der Waals surface area contributed by atoms with Gasteiger partial charge in [-0.2, -0.15) is 0 Å². The SMILES string of the molecule is C#CCCN(C)[C@H]1C[C@@H](C)O[C@@H](O[C@@H]2[C@@H](C)[C@H](O)[C@@H](C)C(=O)O[C@H](I)[C@@]3(C)OC(=O)N[C@@H]3[C@@H](C)C(=O)[C@H](C)C[C@@]2(C)OC)[C@@H]1OC(C)=O. The Labute approximate surface area is 297 Å². The van der Waals surface area contributed by atoms with E-state index in [0.29, 0.717) is 19.4 Å². The number of ketones is 1. The van der Waals surface area contributed by atoms with Crippen molar-refractivity contribution in [1.29, 1.82) is 0 Å². The largest absolute Gasteiger partial charge is 0.455 e. The second-order valence-corrected chi connectivity index (χ2v) is 15.2. The molecule has 3 saturated heterocycles. The third kappa shape index (κ3) is 8.63. The molecular formula is C34H53IN2O11. The number of fused-ring (bicyclic) bond motifs is 1. The van der Waals surface area contributed by atoms with Gasteiger partial charge in [0.25, 0.3) is 0 Å². The van der Waals surface area contributed by atoms with Crippen LogP contribution in [0.5, 0.6) is 0 Å². The molecule has 0 aromatic rings. The lowest BCUT2D eigenvalue weighted by molar-refractivity contribution is -0.304. The van der Waals surface area contributed by atoms with Crippen LogP contribution in [-0.2, 0) is 42.8 Å². The maximum absolute atomic E-state index is 14.0. The van der Waals surface area contributed by atoms with Crippen molar-refractivity contribution in [2.24, 2.45) is 23.7 Å². The van der Waals surface area contributed by atoms with E-state index in [0.717, 1.165) is 0 Å². The summed E-state index contributed by atoms with van der Waals surface area (Å²) in [7, 11) is 3.38. The molecule has 13 nitrogen and oxygen atoms in total. The van der Waals surface area contributed by atoms with Gasteiger partial charge in [0.2, 0.25) is 0 Å². The molecule has 0 spiro atoms. The number of alkyl carbamates (subject to hydrolysis) is 1. The van der Waals surface area contributed by atoms with Crippen LogP contribution in [0.4, 0.5) is 4.79 Å². The Kier molecular flexibility index (Phi) is 13.7. The summed E-state index contributed by atoms with van der Waals surface area (Å²) < 4.78 is 35.5. The van der Waals surface area contributed by atoms with E-state index in [9.17, 15) is 24.3 Å². The standard InChI is InChI=1S/C34H53IN2O11/c1-12-13-14-37(10)23-15-18(3)44-30(26(23)45-22(7)38)46-28-20(5)25(40)21(6)29(41)47-31(35)34(9)27(36-32(42)48-34)19(4)24(39)17(2)16-33(28,8)43-11/h1,17-21,23,25-28,30-31,40H,13-16H2,2-11H3,(H,36,42)/t17-,18-,19+,20+,21-,23+,25+,26-,27-,28-,30+,31+,33-,34+/m1/s1. The number of hydrogen-bond acceptors (Lipinski definition) is 12. The average Bonchev–Trinajstić information content (AvgIpc) is 3.35. The summed E-state index contributed by atoms with van der Waals surface area (Å²) in [6.07, 6.45) is 1.40. The van der Waals surface area contributed by atoms with Crippen LogP contribution in [0.1, 0.15) is 74.7 Å². The number of halogens is 1. The Balaban J connectivity index is 2.10. The number of alkyl halides is 1. The van der Waals surface area contributed by atoms with Crippen LogP contribution in [0.3, 0.4) is 0 Å². The number of Topliss-reactive ketones (excluding diaryl/α,β-unsaturated/α-hetero) is 1. The van der Waals surface area contributed by atoms with Gasteiger partial charge in [-0.15, -0.1) is 12.3 Å². The molecule has 0 aromatic heterocycles. The van der Waals surface area contributed by atoms with Crippen LogP contribution in [-0.4, -0.2) is 113 Å². The van der Waals surface area contributed by atoms with E-state index < -0.39 is 87.7 Å². The van der Waals surface area contributed by atoms with Gasteiger partial charge in [-0.25, -0.2) is 4.79 Å². The molecule has 3 aliphatic heterocycles. The Morgan fingerprint density at radius 1 is 1.17 bits per heavy atom. The first-order chi connectivity index (χ1) is 22.3. The molecule has 3 heterocycles. The number of terminal acetylenes is 1. The zero-order chi connectivity index (χ0) is 36.3. The average molecular weight is 793 g/mol. The predicted molar refractivity (Wildman–Crippen MR) is 183 cm³/mol. The Hall–Kier alpha value is -2.03. The highest BCUT2D eigenvalue weighted by atomic mass is 127. The molecule has 14 heteroatoms. The van der Waals surface area contributed by atoms with E-state index >= 15 is 0 Å². The van der Waals surface area contributed by atoms with Crippen molar-refractivity contribution in [2.45, 2.75) is 133 Å². The highest BCUT2D eigenvalue weighted by Gasteiger charge is 2.57. The van der Waals surface area contributed by atoms with Crippen LogP contribution in [0.2, 0.25) is 0 Å². The maximum Gasteiger partial charge on any atom is 0.408 e. The van der Waals surface area contributed by atoms with Crippen molar-refractivity contribution >= 4 is 46.4 Å². The number of likely N-dealkylation sites (N-methyl/N-ethyl adjacent to an activating group) is 1. The van der Waals surface area contributed by atoms with Crippen LogP contribution >= 0.6 is 22.6 Å². The van der Waals surface area contributed by atoms with Gasteiger partial charge in [0.15, 0.2) is 22.1 Å². The highest BCUT2D eigenvalue weighted by Crippen LogP contribution is 2.41. The zero-order valence-corrected chi connectivity index (χ0v) is 31.8. The van der Waals surface area contributed by atoms with Crippen molar-refractivity contribution in [2.75, 3.05) is 20.7 Å². The Morgan fingerprint density at radius 2 is 1.81 bits per heavy atom. The monoisotopic (exact) mass is 792 g/mol. The summed E-state index contributed by atoms with van der Waals surface area (Å²) >= 11 is 1.88. The van der Waals surface area contributed by atoms with E-state index in [2.05, 4.69) is 11.2 Å². The summed E-state index contributed by atoms with van der Waals surface area (Å²) in [5.41, 5.74) is -2.59. The molecule has 0 saturated carbocycles. The molecule has 48 heavy (non-hydrogen) atoms. The van der Waals surface area contributed by atoms with Crippen molar-refractivity contribution in [3.63, 3.8) is 0 Å². The maximum atomic E-state index is 14.0. The van der Waals surface area contributed by atoms with Gasteiger partial charge in [0, 0.05) is 44.8 Å². The van der Waals surface area contributed by atoms with E-state index in [-0.39, 0.29) is 24.3 Å². The fraction of sp³-hybridized carbons (Fsp3) is 0.824. The first-order valence-corrected chi connectivity index (χ1v) is 17.8. The second-order valence-electron chi connectivity index (χ2n) is 14.1. The van der Waals surface area contributed by atoms with Gasteiger partial charge in [-0.05, 0) is 70.2 Å². The quantitative estimate of drug-likeness (QED) is 0.128. The number of cyclic esters (lactones) is 1. The lowest BCUT2D eigenvalue weighted by Gasteiger charge is -2.48. The van der Waals surface area contributed by atoms with Gasteiger partial charge in [-0.1, -0.05) is 20.8 Å². The normalized spacial score (nSPS) is 42.9. The van der Waals surface area contributed by atoms with E-state index in [1.807, 2.05) is 41.5 Å². The summed E-state index contributed by atoms with van der Waals surface area (Å²) in [5, 5.41) is 14.5. The number of nitrogens with one attached hydrogen (secondary N) is 1. The van der Waals surface area contributed by atoms with Gasteiger partial charge in [0.1, 0.15) is 5.78 Å². The van der Waals surface area contributed by atoms with Gasteiger partial charge in [-0.3, -0.25) is 19.3 Å². The summed E-state index contributed by atoms with van der Waals surface area (Å²) in [4.78, 5) is 54.4. The van der Waals surface area contributed by atoms with Gasteiger partial charge in [0.05, 0.1) is 41.9 Å². The predicted octanol–water partition coefficient (Wildman–Crippen LogP) is 3.22. The molecule has 3 fully saturated rings. The number of aliphatic hydroxyl groups is 1. The van der Waals surface area contributed by atoms with Gasteiger partial charge < -0.3 is 38.8 Å². The molecule has 14 atom stereocenters. The van der Waals surface area contributed by atoms with Gasteiger partial charge >= 0.3 is 18.0 Å². The van der Waals surface area contributed by atoms with Crippen molar-refractivity contribution in [1.82, 2.24) is 10.2 Å². The summed E-state index contributed by atoms with van der Waals surface area (Å²) in [6.45, 7) is 13.9. The Bertz CT molecular complexity index is 1230. The second kappa shape index (κ2) is 16.3. The number of carbonyl (C=O) groups is 4. The highest BCUT2D eigenvalue weighted by molar-refractivity contribution is 14.1. The van der Waals surface area contributed by atoms with Crippen molar-refractivity contribution in [3.05, 3.63) is 0 Å². The van der Waals surface area contributed by atoms with E-state index in [1.165, 1.54) is 14.0 Å². The van der Waals surface area contributed by atoms with Crippen LogP contribution in [0.25, 0.3) is 0 Å². The molecule has 0 unspecified atom stereocenters. The first kappa shape index (κ1) is 40.4. The van der Waals surface area contributed by atoms with E-state index in [1.54, 1.807) is 41.5 Å². The zero-order valence-electron chi connectivity index (χ0n) is 29.7. The van der Waals surface area contributed by atoms with Crippen LogP contribution in [0.15, 0.2) is 0 Å². The minimum absolute atomic E-state index is 0.144. The molecule has 272 valence electrons. The number of methoxy groups -OCH3 is 1. The number of ether oxygens (including phenoxy) is 6. The number of amides is 1. The number of aliphatic hydroxyl groups excluding tert-OH is 1. The molecule has 3 aliphatic rings. The third-order valence-corrected chi connectivity index (χ3v) is 11.8. The summed E-state index contributed by atoms with van der Waals surface area (Å²) in [6, 6.07) is -1.11. The van der Waals surface area contributed by atoms with Crippen molar-refractivity contribution < 1.29 is 52.7 Å². The molecule has 0 aromatic carbocycles. The minimum Gasteiger partial charge on any atom is -0.455 e. The molecular weight excluding hydrogens is 739 g/mol. The molecule has 0 aliphatic carbocycles. The van der Waals surface area contributed by atoms with Crippen LogP contribution < -0.4 is 5.32 Å². The Morgan fingerprint density at radius 3 is 2.40 bits per heavy atom. The van der Waals surface area contributed by atoms with E-state index in [4.69, 9.17) is 34.8 Å². The molecule has 2 N–H and O–H groups in total. The lowest BCUT2D eigenvalue weighted by atomic mass is 9.74. The number of rotatable bonds is 7. The summed E-state index contributed by atoms with van der Waals surface area (Å²) in [5.74, 6) is -1.97. The molecule has 0 radical (unpaired) electrons. The first-order valence-electron chi connectivity index (χ1n) is 16.5. The number of carbonyl (C=O) groups excluding carboxylic acids is 4. The van der Waals surface area contributed by atoms with Crippen molar-refractivity contribution in [3.8, 4) is 12.3 Å². The third-order valence-electron chi connectivity index (χ3n) is 10.3. The van der Waals surface area contributed by atoms with Crippen LogP contribution in [0, 0.1) is 36.0 Å². The topological polar surface area (TPSA) is 159 Å². The number of nitrogens with zero attached hydrogens (tertiary/aromatic N) is 1. The molecule has 1 amide bonds. The fourth-order valence-electron chi connectivity index (χ4n) is 7.37. The number of esters is 2. The smallest absolute Gasteiger partial charge is 0.408 e. The minimum atomic E-state index is -1.36. The fourth-order valence-corrected chi connectivity index (χ4v) is 8.13. The molecule has 0 bridgehead atoms. The lowest BCUT2D eigenvalue weighted by Crippen LogP contribution is -2.61. The number of hydrogen-bond donors (Lipinski definition) is 2. The molecule has 3 rings (SSSR count).